The molecule has 2 aliphatic rings. The van der Waals surface area contributed by atoms with Crippen LogP contribution in [0.1, 0.15) is 47.9 Å². The first kappa shape index (κ1) is 23.8. The molecule has 7 nitrogen and oxygen atoms in total. The lowest BCUT2D eigenvalue weighted by atomic mass is 9.91. The van der Waals surface area contributed by atoms with E-state index in [-0.39, 0.29) is 24.2 Å². The molecule has 0 N–H and O–H groups in total. The number of aliphatic imine (C=N–C) groups is 1. The van der Waals surface area contributed by atoms with Gasteiger partial charge in [0.05, 0.1) is 29.6 Å². The number of hydrogen-bond acceptors (Lipinski definition) is 7. The first-order chi connectivity index (χ1) is 18.5. The molecule has 1 unspecified atom stereocenters. The van der Waals surface area contributed by atoms with Gasteiger partial charge in [-0.2, -0.15) is 5.26 Å². The molecule has 0 bridgehead atoms. The van der Waals surface area contributed by atoms with Crippen molar-refractivity contribution < 1.29 is 13.9 Å². The predicted molar refractivity (Wildman–Crippen MR) is 145 cm³/mol. The van der Waals surface area contributed by atoms with Gasteiger partial charge in [-0.1, -0.05) is 38.1 Å². The number of fused-ring (bicyclic) bond motifs is 2. The van der Waals surface area contributed by atoms with Gasteiger partial charge >= 0.3 is 0 Å². The van der Waals surface area contributed by atoms with Crippen LogP contribution in [0.15, 0.2) is 80.9 Å². The fraction of sp³-hybridized carbons (Fsp3) is 0.258. The molecular weight excluding hydrogens is 478 g/mol. The van der Waals surface area contributed by atoms with E-state index in [4.69, 9.17) is 18.9 Å². The Morgan fingerprint density at radius 3 is 2.71 bits per heavy atom. The average Bonchev–Trinajstić information content (AvgIpc) is 3.60. The number of amidine groups is 1. The highest BCUT2D eigenvalue weighted by atomic mass is 16.7. The van der Waals surface area contributed by atoms with Crippen molar-refractivity contribution in [1.82, 2.24) is 4.90 Å². The maximum absolute atomic E-state index is 13.9. The van der Waals surface area contributed by atoms with Crippen molar-refractivity contribution in [3.05, 3.63) is 105 Å². The number of para-hydroxylation sites is 1. The Hall–Kier alpha value is -4.57. The van der Waals surface area contributed by atoms with Crippen molar-refractivity contribution in [2.24, 2.45) is 10.9 Å². The molecule has 1 aromatic heterocycles. The second-order valence-corrected chi connectivity index (χ2v) is 9.91. The second kappa shape index (κ2) is 9.71. The van der Waals surface area contributed by atoms with Crippen LogP contribution in [-0.4, -0.2) is 30.6 Å². The van der Waals surface area contributed by atoms with E-state index >= 15 is 0 Å². The molecule has 38 heavy (non-hydrogen) atoms. The van der Waals surface area contributed by atoms with E-state index in [0.29, 0.717) is 53.1 Å². The molecule has 3 aromatic carbocycles. The van der Waals surface area contributed by atoms with Crippen molar-refractivity contribution in [1.29, 1.82) is 5.26 Å². The van der Waals surface area contributed by atoms with Crippen molar-refractivity contribution in [2.75, 3.05) is 19.9 Å². The molecule has 190 valence electrons. The summed E-state index contributed by atoms with van der Waals surface area (Å²) in [4.78, 5) is 21.0. The number of benzene rings is 3. The Bertz CT molecular complexity index is 1660. The van der Waals surface area contributed by atoms with E-state index in [0.717, 1.165) is 22.7 Å². The number of rotatable bonds is 6. The molecule has 0 fully saturated rings. The fourth-order valence-corrected chi connectivity index (χ4v) is 5.39. The van der Waals surface area contributed by atoms with Crippen LogP contribution >= 0.6 is 0 Å². The standard InChI is InChI=1S/C31H27N3O4/c1-19(2)28(34-13-12-33-31(34)22-10-11-26-27(16-22)37-18-36-26)30-24(15-20-6-5-7-21(14-20)17-32)29(35)23-8-3-4-9-25(23)38-30/h3-11,14,16,19,28H,12-13,15,18H2,1-2H3. The normalized spacial score (nSPS) is 15.1. The highest BCUT2D eigenvalue weighted by Crippen LogP contribution is 2.38. The fourth-order valence-electron chi connectivity index (χ4n) is 5.39. The topological polar surface area (TPSA) is 88.1 Å². The van der Waals surface area contributed by atoms with E-state index in [1.165, 1.54) is 0 Å². The summed E-state index contributed by atoms with van der Waals surface area (Å²) in [5.41, 5.74) is 3.51. The van der Waals surface area contributed by atoms with Gasteiger partial charge in [-0.05, 0) is 53.9 Å². The molecule has 4 aromatic rings. The molecule has 2 aliphatic heterocycles. The van der Waals surface area contributed by atoms with Gasteiger partial charge < -0.3 is 18.8 Å². The zero-order valence-corrected chi connectivity index (χ0v) is 21.3. The molecule has 0 aliphatic carbocycles. The van der Waals surface area contributed by atoms with Gasteiger partial charge in [0.25, 0.3) is 0 Å². The minimum atomic E-state index is -0.229. The van der Waals surface area contributed by atoms with E-state index in [1.54, 1.807) is 12.1 Å². The minimum Gasteiger partial charge on any atom is -0.458 e. The van der Waals surface area contributed by atoms with Crippen LogP contribution in [0, 0.1) is 17.2 Å². The summed E-state index contributed by atoms with van der Waals surface area (Å²) in [6.07, 6.45) is 0.367. The Labute approximate surface area is 220 Å². The van der Waals surface area contributed by atoms with E-state index in [2.05, 4.69) is 24.8 Å². The second-order valence-electron chi connectivity index (χ2n) is 9.91. The Morgan fingerprint density at radius 2 is 1.87 bits per heavy atom. The molecule has 6 rings (SSSR count). The van der Waals surface area contributed by atoms with Gasteiger partial charge in [0.2, 0.25) is 6.79 Å². The zero-order valence-electron chi connectivity index (χ0n) is 21.3. The van der Waals surface area contributed by atoms with Gasteiger partial charge in [0.1, 0.15) is 17.2 Å². The first-order valence-electron chi connectivity index (χ1n) is 12.8. The lowest BCUT2D eigenvalue weighted by Gasteiger charge is -2.34. The number of nitrogens with zero attached hydrogens (tertiary/aromatic N) is 3. The lowest BCUT2D eigenvalue weighted by Crippen LogP contribution is -2.37. The van der Waals surface area contributed by atoms with Gasteiger partial charge in [-0.15, -0.1) is 0 Å². The third-order valence-electron chi connectivity index (χ3n) is 7.10. The predicted octanol–water partition coefficient (Wildman–Crippen LogP) is 5.44. The van der Waals surface area contributed by atoms with Crippen molar-refractivity contribution in [3.63, 3.8) is 0 Å². The highest BCUT2D eigenvalue weighted by molar-refractivity contribution is 6.00. The van der Waals surface area contributed by atoms with Gasteiger partial charge in [-0.25, -0.2) is 0 Å². The van der Waals surface area contributed by atoms with Crippen LogP contribution in [0.5, 0.6) is 11.5 Å². The SMILES string of the molecule is CC(C)C(c1oc2ccccc2c(=O)c1Cc1cccc(C#N)c1)N1CCN=C1c1ccc2c(c1)OCO2. The Balaban J connectivity index is 1.49. The summed E-state index contributed by atoms with van der Waals surface area (Å²) in [5, 5.41) is 9.96. The third kappa shape index (κ3) is 4.18. The van der Waals surface area contributed by atoms with Gasteiger partial charge in [0, 0.05) is 24.1 Å². The summed E-state index contributed by atoms with van der Waals surface area (Å²) in [7, 11) is 0. The molecule has 0 saturated carbocycles. The number of hydrogen-bond donors (Lipinski definition) is 0. The van der Waals surface area contributed by atoms with E-state index in [1.807, 2.05) is 54.6 Å². The zero-order chi connectivity index (χ0) is 26.2. The molecule has 0 saturated heterocycles. The lowest BCUT2D eigenvalue weighted by molar-refractivity contribution is 0.174. The molecule has 7 heteroatoms. The summed E-state index contributed by atoms with van der Waals surface area (Å²) >= 11 is 0. The summed E-state index contributed by atoms with van der Waals surface area (Å²) in [5.74, 6) is 3.02. The Kier molecular flexibility index (Phi) is 6.09. The summed E-state index contributed by atoms with van der Waals surface area (Å²) in [6, 6.07) is 22.6. The average molecular weight is 506 g/mol. The van der Waals surface area contributed by atoms with E-state index in [9.17, 15) is 10.1 Å². The van der Waals surface area contributed by atoms with Crippen LogP contribution in [0.25, 0.3) is 11.0 Å². The largest absolute Gasteiger partial charge is 0.458 e. The summed E-state index contributed by atoms with van der Waals surface area (Å²) < 4.78 is 17.7. The quantitative estimate of drug-likeness (QED) is 0.347. The highest BCUT2D eigenvalue weighted by Gasteiger charge is 2.35. The minimum absolute atomic E-state index is 0.0457. The number of nitriles is 1. The van der Waals surface area contributed by atoms with E-state index < -0.39 is 0 Å². The summed E-state index contributed by atoms with van der Waals surface area (Å²) in [6.45, 7) is 5.82. The maximum Gasteiger partial charge on any atom is 0.231 e. The van der Waals surface area contributed by atoms with Crippen LogP contribution in [0.4, 0.5) is 0 Å². The van der Waals surface area contributed by atoms with Crippen LogP contribution in [0.3, 0.4) is 0 Å². The van der Waals surface area contributed by atoms with Crippen molar-refractivity contribution in [3.8, 4) is 17.6 Å². The first-order valence-corrected chi connectivity index (χ1v) is 12.8. The molecule has 0 amide bonds. The van der Waals surface area contributed by atoms with Crippen LogP contribution < -0.4 is 14.9 Å². The monoisotopic (exact) mass is 505 g/mol. The third-order valence-corrected chi connectivity index (χ3v) is 7.10. The van der Waals surface area contributed by atoms with Crippen molar-refractivity contribution in [2.45, 2.75) is 26.3 Å². The smallest absolute Gasteiger partial charge is 0.231 e. The number of ether oxygens (including phenoxy) is 2. The van der Waals surface area contributed by atoms with Crippen LogP contribution in [-0.2, 0) is 6.42 Å². The van der Waals surface area contributed by atoms with Gasteiger partial charge in [0.15, 0.2) is 16.9 Å². The molecular formula is C31H27N3O4. The Morgan fingerprint density at radius 1 is 1.03 bits per heavy atom. The van der Waals surface area contributed by atoms with Crippen molar-refractivity contribution >= 4 is 16.8 Å². The molecule has 0 radical (unpaired) electrons. The van der Waals surface area contributed by atoms with Crippen LogP contribution in [0.2, 0.25) is 0 Å². The molecule has 3 heterocycles. The molecule has 1 atom stereocenters. The maximum atomic E-state index is 13.9. The molecule has 0 spiro atoms. The van der Waals surface area contributed by atoms with Gasteiger partial charge in [-0.3, -0.25) is 9.79 Å².